The molecule has 0 fully saturated rings. The largest absolute Gasteiger partial charge is 0.342 e. The highest BCUT2D eigenvalue weighted by atomic mass is 17.2. The van der Waals surface area contributed by atoms with E-state index in [0.29, 0.717) is 13.0 Å². The molecule has 0 heterocycles. The molecule has 3 nitrogen and oxygen atoms in total. The standard InChI is InChI=1S/C12H24O3/c1-3-5-7-8-9-10-12(13)15-14-11-6-4-2/h3-11H2,1-2H3. The maximum absolute atomic E-state index is 11.1. The first-order valence-corrected chi connectivity index (χ1v) is 6.13. The first-order valence-electron chi connectivity index (χ1n) is 6.13. The third kappa shape index (κ3) is 11.4. The van der Waals surface area contributed by atoms with Gasteiger partial charge in [-0.1, -0.05) is 46.0 Å². The molecule has 90 valence electrons. The SMILES string of the molecule is CCCCCCCC(=O)OOCCCC. The predicted octanol–water partition coefficient (Wildman–Crippen LogP) is 3.62. The number of unbranched alkanes of at least 4 members (excludes halogenated alkanes) is 5. The molecule has 15 heavy (non-hydrogen) atoms. The van der Waals surface area contributed by atoms with Gasteiger partial charge < -0.3 is 0 Å². The Morgan fingerprint density at radius 2 is 1.60 bits per heavy atom. The fourth-order valence-corrected chi connectivity index (χ4v) is 1.23. The molecule has 0 aliphatic carbocycles. The summed E-state index contributed by atoms with van der Waals surface area (Å²) in [5.41, 5.74) is 0. The van der Waals surface area contributed by atoms with Crippen LogP contribution in [0.15, 0.2) is 0 Å². The second-order valence-electron chi connectivity index (χ2n) is 3.80. The molecule has 0 saturated carbocycles. The zero-order chi connectivity index (χ0) is 11.4. The number of carbonyl (C=O) groups excluding carboxylic acids is 1. The molecule has 0 unspecified atom stereocenters. The minimum absolute atomic E-state index is 0.234. The van der Waals surface area contributed by atoms with Crippen molar-refractivity contribution in [2.24, 2.45) is 0 Å². The maximum Gasteiger partial charge on any atom is 0.342 e. The van der Waals surface area contributed by atoms with Crippen LogP contribution >= 0.6 is 0 Å². The molecule has 0 N–H and O–H groups in total. The summed E-state index contributed by atoms with van der Waals surface area (Å²) >= 11 is 0. The van der Waals surface area contributed by atoms with Crippen LogP contribution in [0.25, 0.3) is 0 Å². The molecular formula is C12H24O3. The van der Waals surface area contributed by atoms with Crippen LogP contribution in [0.1, 0.15) is 65.2 Å². The lowest BCUT2D eigenvalue weighted by molar-refractivity contribution is -0.272. The molecule has 3 heteroatoms. The van der Waals surface area contributed by atoms with Gasteiger partial charge in [-0.25, -0.2) is 4.79 Å². The topological polar surface area (TPSA) is 35.5 Å². The Kier molecular flexibility index (Phi) is 11.1. The Labute approximate surface area is 93.1 Å². The molecule has 0 atom stereocenters. The van der Waals surface area contributed by atoms with Crippen LogP contribution in [0.3, 0.4) is 0 Å². The summed E-state index contributed by atoms with van der Waals surface area (Å²) in [6.45, 7) is 4.76. The maximum atomic E-state index is 11.1. The summed E-state index contributed by atoms with van der Waals surface area (Å²) < 4.78 is 0. The van der Waals surface area contributed by atoms with E-state index in [2.05, 4.69) is 18.7 Å². The Hall–Kier alpha value is -0.570. The molecule has 0 aromatic heterocycles. The average molecular weight is 216 g/mol. The quantitative estimate of drug-likeness (QED) is 0.318. The van der Waals surface area contributed by atoms with Crippen molar-refractivity contribution in [3.8, 4) is 0 Å². The molecule has 0 radical (unpaired) electrons. The summed E-state index contributed by atoms with van der Waals surface area (Å²) in [7, 11) is 0. The lowest BCUT2D eigenvalue weighted by atomic mass is 10.1. The van der Waals surface area contributed by atoms with Crippen molar-refractivity contribution >= 4 is 5.97 Å². The number of hydrogen-bond acceptors (Lipinski definition) is 3. The van der Waals surface area contributed by atoms with Gasteiger partial charge in [0.2, 0.25) is 0 Å². The molecule has 0 rings (SSSR count). The Balaban J connectivity index is 3.11. The Bertz CT molecular complexity index is 146. The summed E-state index contributed by atoms with van der Waals surface area (Å²) in [6.07, 6.45) is 8.18. The monoisotopic (exact) mass is 216 g/mol. The third-order valence-electron chi connectivity index (χ3n) is 2.22. The van der Waals surface area contributed by atoms with Gasteiger partial charge in [-0.3, -0.25) is 4.89 Å². The minimum atomic E-state index is -0.234. The van der Waals surface area contributed by atoms with Gasteiger partial charge in [0, 0.05) is 6.42 Å². The summed E-state index contributed by atoms with van der Waals surface area (Å²) in [5.74, 6) is -0.234. The van der Waals surface area contributed by atoms with Crippen LogP contribution in [0, 0.1) is 0 Å². The van der Waals surface area contributed by atoms with Gasteiger partial charge in [-0.05, 0) is 12.8 Å². The highest BCUT2D eigenvalue weighted by molar-refractivity contribution is 5.68. The molecule has 0 aromatic carbocycles. The second kappa shape index (κ2) is 11.5. The number of rotatable bonds is 10. The fraction of sp³-hybridized carbons (Fsp3) is 0.917. The molecule has 0 saturated heterocycles. The van der Waals surface area contributed by atoms with Crippen LogP contribution in [0.2, 0.25) is 0 Å². The summed E-state index contributed by atoms with van der Waals surface area (Å²) in [5, 5.41) is 0. The first-order chi connectivity index (χ1) is 7.31. The molecule has 0 spiro atoms. The van der Waals surface area contributed by atoms with Gasteiger partial charge in [-0.2, -0.15) is 4.89 Å². The lowest BCUT2D eigenvalue weighted by Crippen LogP contribution is -2.06. The van der Waals surface area contributed by atoms with Gasteiger partial charge in [0.05, 0.1) is 6.61 Å². The molecule has 0 aliphatic rings. The Morgan fingerprint density at radius 1 is 0.933 bits per heavy atom. The van der Waals surface area contributed by atoms with Crippen LogP contribution < -0.4 is 0 Å². The molecular weight excluding hydrogens is 192 g/mol. The fourth-order valence-electron chi connectivity index (χ4n) is 1.23. The molecule has 0 bridgehead atoms. The second-order valence-corrected chi connectivity index (χ2v) is 3.80. The normalized spacial score (nSPS) is 10.3. The number of carbonyl (C=O) groups is 1. The van der Waals surface area contributed by atoms with Gasteiger partial charge in [0.1, 0.15) is 0 Å². The zero-order valence-corrected chi connectivity index (χ0v) is 10.1. The predicted molar refractivity (Wildman–Crippen MR) is 60.3 cm³/mol. The van der Waals surface area contributed by atoms with Gasteiger partial charge in [0.15, 0.2) is 0 Å². The van der Waals surface area contributed by atoms with Gasteiger partial charge in [0.25, 0.3) is 0 Å². The highest BCUT2D eigenvalue weighted by Gasteiger charge is 2.03. The van der Waals surface area contributed by atoms with E-state index in [0.717, 1.165) is 25.7 Å². The van der Waals surface area contributed by atoms with E-state index >= 15 is 0 Å². The summed E-state index contributed by atoms with van der Waals surface area (Å²) in [6, 6.07) is 0. The lowest BCUT2D eigenvalue weighted by Gasteiger charge is -2.02. The van der Waals surface area contributed by atoms with E-state index in [1.807, 2.05) is 0 Å². The smallest absolute Gasteiger partial charge is 0.298 e. The van der Waals surface area contributed by atoms with Crippen LogP contribution in [0.5, 0.6) is 0 Å². The van der Waals surface area contributed by atoms with Gasteiger partial charge >= 0.3 is 5.97 Å². The Morgan fingerprint density at radius 3 is 2.27 bits per heavy atom. The van der Waals surface area contributed by atoms with Crippen molar-refractivity contribution in [1.29, 1.82) is 0 Å². The van der Waals surface area contributed by atoms with Crippen molar-refractivity contribution in [2.75, 3.05) is 6.61 Å². The van der Waals surface area contributed by atoms with E-state index in [-0.39, 0.29) is 5.97 Å². The highest BCUT2D eigenvalue weighted by Crippen LogP contribution is 2.05. The van der Waals surface area contributed by atoms with Crippen molar-refractivity contribution < 1.29 is 14.6 Å². The van der Waals surface area contributed by atoms with Crippen molar-refractivity contribution in [3.05, 3.63) is 0 Å². The number of hydrogen-bond donors (Lipinski definition) is 0. The van der Waals surface area contributed by atoms with Crippen molar-refractivity contribution in [1.82, 2.24) is 0 Å². The molecule has 0 aliphatic heterocycles. The molecule has 0 aromatic rings. The zero-order valence-electron chi connectivity index (χ0n) is 10.1. The van der Waals surface area contributed by atoms with E-state index in [1.54, 1.807) is 0 Å². The van der Waals surface area contributed by atoms with Crippen molar-refractivity contribution in [3.63, 3.8) is 0 Å². The minimum Gasteiger partial charge on any atom is -0.298 e. The van der Waals surface area contributed by atoms with E-state index in [1.165, 1.54) is 19.3 Å². The third-order valence-corrected chi connectivity index (χ3v) is 2.22. The van der Waals surface area contributed by atoms with Gasteiger partial charge in [-0.15, -0.1) is 0 Å². The van der Waals surface area contributed by atoms with Crippen molar-refractivity contribution in [2.45, 2.75) is 65.2 Å². The van der Waals surface area contributed by atoms with Crippen LogP contribution in [-0.4, -0.2) is 12.6 Å². The first kappa shape index (κ1) is 14.4. The van der Waals surface area contributed by atoms with Crippen LogP contribution in [-0.2, 0) is 14.6 Å². The van der Waals surface area contributed by atoms with E-state index < -0.39 is 0 Å². The molecule has 0 amide bonds. The van der Waals surface area contributed by atoms with Crippen LogP contribution in [0.4, 0.5) is 0 Å². The van der Waals surface area contributed by atoms with E-state index in [4.69, 9.17) is 4.89 Å². The summed E-state index contributed by atoms with van der Waals surface area (Å²) in [4.78, 5) is 20.5. The van der Waals surface area contributed by atoms with E-state index in [9.17, 15) is 4.79 Å². The average Bonchev–Trinajstić information content (AvgIpc) is 2.24.